The van der Waals surface area contributed by atoms with Crippen molar-refractivity contribution in [2.75, 3.05) is 31.1 Å². The minimum absolute atomic E-state index is 0.178. The first-order chi connectivity index (χ1) is 11.0. The van der Waals surface area contributed by atoms with Crippen molar-refractivity contribution in [1.82, 2.24) is 4.90 Å². The van der Waals surface area contributed by atoms with Crippen molar-refractivity contribution in [3.63, 3.8) is 0 Å². The van der Waals surface area contributed by atoms with Crippen LogP contribution in [0.25, 0.3) is 0 Å². The Kier molecular flexibility index (Phi) is 6.20. The molecule has 0 radical (unpaired) electrons. The SMILES string of the molecule is CCC(=O)c1ccc(N2CCN(C(=O)CCC(C)C)CC2)cc1. The number of anilines is 1. The second-order valence-corrected chi connectivity index (χ2v) is 6.62. The Balaban J connectivity index is 1.86. The van der Waals surface area contributed by atoms with Crippen LogP contribution in [0.2, 0.25) is 0 Å². The lowest BCUT2D eigenvalue weighted by Gasteiger charge is -2.36. The number of benzene rings is 1. The lowest BCUT2D eigenvalue weighted by atomic mass is 10.1. The summed E-state index contributed by atoms with van der Waals surface area (Å²) < 4.78 is 0. The zero-order chi connectivity index (χ0) is 16.8. The molecule has 4 heteroatoms. The summed E-state index contributed by atoms with van der Waals surface area (Å²) >= 11 is 0. The fraction of sp³-hybridized carbons (Fsp3) is 0.579. The Labute approximate surface area is 139 Å². The molecule has 0 saturated carbocycles. The van der Waals surface area contributed by atoms with Gasteiger partial charge < -0.3 is 9.80 Å². The third kappa shape index (κ3) is 4.81. The average Bonchev–Trinajstić information content (AvgIpc) is 2.59. The highest BCUT2D eigenvalue weighted by molar-refractivity contribution is 5.96. The van der Waals surface area contributed by atoms with Gasteiger partial charge in [-0.05, 0) is 36.6 Å². The molecule has 23 heavy (non-hydrogen) atoms. The molecule has 1 heterocycles. The topological polar surface area (TPSA) is 40.6 Å². The van der Waals surface area contributed by atoms with Crippen LogP contribution in [-0.2, 0) is 4.79 Å². The quantitative estimate of drug-likeness (QED) is 0.756. The van der Waals surface area contributed by atoms with E-state index < -0.39 is 0 Å². The zero-order valence-corrected chi connectivity index (χ0v) is 14.5. The number of carbonyl (C=O) groups excluding carboxylic acids is 2. The lowest BCUT2D eigenvalue weighted by molar-refractivity contribution is -0.131. The van der Waals surface area contributed by atoms with Gasteiger partial charge in [-0.3, -0.25) is 9.59 Å². The summed E-state index contributed by atoms with van der Waals surface area (Å²) in [4.78, 5) is 28.1. The largest absolute Gasteiger partial charge is 0.368 e. The van der Waals surface area contributed by atoms with Crippen molar-refractivity contribution in [2.45, 2.75) is 40.0 Å². The van der Waals surface area contributed by atoms with E-state index in [9.17, 15) is 9.59 Å². The maximum absolute atomic E-state index is 12.2. The summed E-state index contributed by atoms with van der Waals surface area (Å²) in [5.74, 6) is 1.03. The first kappa shape index (κ1) is 17.5. The van der Waals surface area contributed by atoms with Gasteiger partial charge in [0.1, 0.15) is 0 Å². The Morgan fingerprint density at radius 2 is 1.65 bits per heavy atom. The molecular formula is C19H28N2O2. The number of carbonyl (C=O) groups is 2. The van der Waals surface area contributed by atoms with E-state index in [1.807, 2.05) is 36.1 Å². The molecule has 0 N–H and O–H groups in total. The van der Waals surface area contributed by atoms with Crippen molar-refractivity contribution in [1.29, 1.82) is 0 Å². The molecule has 0 aliphatic carbocycles. The van der Waals surface area contributed by atoms with Crippen molar-refractivity contribution in [2.24, 2.45) is 5.92 Å². The number of hydrogen-bond acceptors (Lipinski definition) is 3. The number of hydrogen-bond donors (Lipinski definition) is 0. The fourth-order valence-electron chi connectivity index (χ4n) is 2.85. The van der Waals surface area contributed by atoms with Gasteiger partial charge in [0.05, 0.1) is 0 Å². The van der Waals surface area contributed by atoms with E-state index in [0.717, 1.165) is 43.9 Å². The van der Waals surface area contributed by atoms with Gasteiger partial charge in [0, 0.05) is 50.3 Å². The predicted octanol–water partition coefficient (Wildman–Crippen LogP) is 3.36. The van der Waals surface area contributed by atoms with Crippen LogP contribution in [-0.4, -0.2) is 42.8 Å². The van der Waals surface area contributed by atoms with Gasteiger partial charge in [0.15, 0.2) is 5.78 Å². The summed E-state index contributed by atoms with van der Waals surface area (Å²) in [6, 6.07) is 7.83. The summed E-state index contributed by atoms with van der Waals surface area (Å²) in [6.07, 6.45) is 2.16. The molecule has 1 fully saturated rings. The minimum atomic E-state index is 0.178. The van der Waals surface area contributed by atoms with E-state index in [1.54, 1.807) is 0 Å². The van der Waals surface area contributed by atoms with Crippen LogP contribution >= 0.6 is 0 Å². The first-order valence-electron chi connectivity index (χ1n) is 8.67. The molecule has 1 aliphatic rings. The number of Topliss-reactive ketones (excluding diaryl/α,β-unsaturated/α-hetero) is 1. The Bertz CT molecular complexity index is 529. The van der Waals surface area contributed by atoms with E-state index in [-0.39, 0.29) is 11.7 Å². The fourth-order valence-corrected chi connectivity index (χ4v) is 2.85. The number of amides is 1. The third-order valence-corrected chi connectivity index (χ3v) is 4.44. The molecule has 0 bridgehead atoms. The van der Waals surface area contributed by atoms with Gasteiger partial charge >= 0.3 is 0 Å². The van der Waals surface area contributed by atoms with Crippen LogP contribution in [0.3, 0.4) is 0 Å². The molecule has 0 atom stereocenters. The van der Waals surface area contributed by atoms with Gasteiger partial charge in [-0.15, -0.1) is 0 Å². The van der Waals surface area contributed by atoms with Crippen LogP contribution in [0.1, 0.15) is 50.4 Å². The highest BCUT2D eigenvalue weighted by Gasteiger charge is 2.21. The predicted molar refractivity (Wildman–Crippen MR) is 93.9 cm³/mol. The average molecular weight is 316 g/mol. The molecule has 0 unspecified atom stereocenters. The monoisotopic (exact) mass is 316 g/mol. The van der Waals surface area contributed by atoms with Crippen LogP contribution in [0, 0.1) is 5.92 Å². The normalized spacial score (nSPS) is 15.1. The second kappa shape index (κ2) is 8.14. The van der Waals surface area contributed by atoms with Gasteiger partial charge in [-0.2, -0.15) is 0 Å². The molecular weight excluding hydrogens is 288 g/mol. The van der Waals surface area contributed by atoms with E-state index in [4.69, 9.17) is 0 Å². The van der Waals surface area contributed by atoms with Crippen molar-refractivity contribution < 1.29 is 9.59 Å². The molecule has 4 nitrogen and oxygen atoms in total. The highest BCUT2D eigenvalue weighted by Crippen LogP contribution is 2.19. The van der Waals surface area contributed by atoms with Gasteiger partial charge in [-0.1, -0.05) is 20.8 Å². The molecule has 2 rings (SSSR count). The summed E-state index contributed by atoms with van der Waals surface area (Å²) in [7, 11) is 0. The van der Waals surface area contributed by atoms with Crippen LogP contribution in [0.5, 0.6) is 0 Å². The third-order valence-electron chi connectivity index (χ3n) is 4.44. The number of rotatable bonds is 6. The van der Waals surface area contributed by atoms with Crippen molar-refractivity contribution in [3.05, 3.63) is 29.8 Å². The smallest absolute Gasteiger partial charge is 0.222 e. The van der Waals surface area contributed by atoms with Crippen LogP contribution in [0.4, 0.5) is 5.69 Å². The van der Waals surface area contributed by atoms with Crippen LogP contribution < -0.4 is 4.90 Å². The number of piperazine rings is 1. The van der Waals surface area contributed by atoms with Crippen LogP contribution in [0.15, 0.2) is 24.3 Å². The summed E-state index contributed by atoms with van der Waals surface area (Å²) in [6.45, 7) is 9.46. The second-order valence-electron chi connectivity index (χ2n) is 6.62. The molecule has 1 saturated heterocycles. The zero-order valence-electron chi connectivity index (χ0n) is 14.5. The van der Waals surface area contributed by atoms with Gasteiger partial charge in [0.2, 0.25) is 5.91 Å². The van der Waals surface area contributed by atoms with E-state index in [0.29, 0.717) is 18.8 Å². The van der Waals surface area contributed by atoms with Gasteiger partial charge in [0.25, 0.3) is 0 Å². The van der Waals surface area contributed by atoms with Gasteiger partial charge in [-0.25, -0.2) is 0 Å². The van der Waals surface area contributed by atoms with E-state index in [2.05, 4.69) is 18.7 Å². The molecule has 1 aliphatic heterocycles. The van der Waals surface area contributed by atoms with Crippen molar-refractivity contribution >= 4 is 17.4 Å². The molecule has 0 aromatic heterocycles. The molecule has 1 amide bonds. The first-order valence-corrected chi connectivity index (χ1v) is 8.67. The highest BCUT2D eigenvalue weighted by atomic mass is 16.2. The van der Waals surface area contributed by atoms with E-state index >= 15 is 0 Å². The molecule has 1 aromatic rings. The summed E-state index contributed by atoms with van der Waals surface area (Å²) in [5.41, 5.74) is 1.91. The van der Waals surface area contributed by atoms with E-state index in [1.165, 1.54) is 0 Å². The number of nitrogens with zero attached hydrogens (tertiary/aromatic N) is 2. The summed E-state index contributed by atoms with van der Waals surface area (Å²) in [5, 5.41) is 0. The lowest BCUT2D eigenvalue weighted by Crippen LogP contribution is -2.48. The van der Waals surface area contributed by atoms with Crippen molar-refractivity contribution in [3.8, 4) is 0 Å². The molecule has 1 aromatic carbocycles. The number of ketones is 1. The molecule has 126 valence electrons. The Morgan fingerprint density at radius 1 is 1.04 bits per heavy atom. The standard InChI is InChI=1S/C19H28N2O2/c1-4-18(22)16-6-8-17(9-7-16)20-11-13-21(14-12-20)19(23)10-5-15(2)3/h6-9,15H,4-5,10-14H2,1-3H3. The minimum Gasteiger partial charge on any atom is -0.368 e. The Morgan fingerprint density at radius 3 is 2.17 bits per heavy atom. The molecule has 0 spiro atoms. The maximum atomic E-state index is 12.2. The maximum Gasteiger partial charge on any atom is 0.222 e. The Hall–Kier alpha value is -1.84.